The molecule has 1 aromatic heterocycles. The molecule has 0 spiro atoms. The zero-order chi connectivity index (χ0) is 16.8. The van der Waals surface area contributed by atoms with Crippen molar-refractivity contribution >= 4 is 24.1 Å². The molecule has 25 heavy (non-hydrogen) atoms. The van der Waals surface area contributed by atoms with E-state index in [-0.39, 0.29) is 12.4 Å². The molecule has 1 aromatic rings. The smallest absolute Gasteiger partial charge is 0.304 e. The number of pyridine rings is 1. The molecule has 4 bridgehead atoms. The van der Waals surface area contributed by atoms with Gasteiger partial charge in [0.25, 0.3) is 0 Å². The Bertz CT molecular complexity index is 816. The quantitative estimate of drug-likeness (QED) is 0.773. The number of aromatic nitrogens is 1. The third kappa shape index (κ3) is 1.93. The van der Waals surface area contributed by atoms with Crippen molar-refractivity contribution < 1.29 is 5.11 Å². The number of allylic oxidation sites excluding steroid dienone is 1. The summed E-state index contributed by atoms with van der Waals surface area (Å²) in [5.41, 5.74) is 6.03. The van der Waals surface area contributed by atoms with Crippen molar-refractivity contribution in [3.63, 3.8) is 0 Å². The van der Waals surface area contributed by atoms with Gasteiger partial charge in [-0.2, -0.15) is 5.10 Å². The van der Waals surface area contributed by atoms with Crippen LogP contribution >= 0.6 is 0 Å². The minimum absolute atomic E-state index is 0.214. The number of hydrogen-bond donors (Lipinski definition) is 2. The molecule has 5 aliphatic carbocycles. The van der Waals surface area contributed by atoms with E-state index in [4.69, 9.17) is 10.1 Å². The predicted molar refractivity (Wildman–Crippen MR) is 99.9 cm³/mol. The third-order valence-electron chi connectivity index (χ3n) is 7.48. The summed E-state index contributed by atoms with van der Waals surface area (Å²) in [5.74, 6) is 2.41. The van der Waals surface area contributed by atoms with E-state index < -0.39 is 0 Å². The predicted octanol–water partition coefficient (Wildman–Crippen LogP) is 1.97. The Labute approximate surface area is 148 Å². The van der Waals surface area contributed by atoms with Crippen LogP contribution in [0.4, 0.5) is 0 Å². The number of nitrogens with one attached hydrogen (secondary N) is 1. The second kappa shape index (κ2) is 4.76. The van der Waals surface area contributed by atoms with Crippen LogP contribution in [0.5, 0.6) is 0 Å². The van der Waals surface area contributed by atoms with Crippen LogP contribution in [0.25, 0.3) is 6.08 Å². The molecule has 2 heterocycles. The maximum atomic E-state index is 10.9. The molecule has 5 heteroatoms. The van der Waals surface area contributed by atoms with E-state index in [1.54, 1.807) is 0 Å². The van der Waals surface area contributed by atoms with Gasteiger partial charge in [0.15, 0.2) is 0 Å². The topological polar surface area (TPSA) is 57.5 Å². The average Bonchev–Trinajstić information content (AvgIpc) is 3.03. The van der Waals surface area contributed by atoms with Gasteiger partial charge in [0.2, 0.25) is 0 Å². The second-order valence-electron chi connectivity index (χ2n) is 9.12. The molecule has 2 N–H and O–H groups in total. The van der Waals surface area contributed by atoms with Gasteiger partial charge in [-0.05, 0) is 55.3 Å². The van der Waals surface area contributed by atoms with E-state index in [9.17, 15) is 5.11 Å². The van der Waals surface area contributed by atoms with Gasteiger partial charge >= 0.3 is 6.85 Å². The Morgan fingerprint density at radius 2 is 2.04 bits per heavy atom. The second-order valence-corrected chi connectivity index (χ2v) is 9.12. The first-order chi connectivity index (χ1) is 12.1. The summed E-state index contributed by atoms with van der Waals surface area (Å²) in [7, 11) is 0. The number of hydrogen-bond acceptors (Lipinski definition) is 4. The lowest BCUT2D eigenvalue weighted by Gasteiger charge is -2.58. The zero-order valence-electron chi connectivity index (χ0n) is 14.7. The highest BCUT2D eigenvalue weighted by Gasteiger charge is 2.56. The van der Waals surface area contributed by atoms with Crippen molar-refractivity contribution in [2.75, 3.05) is 0 Å². The molecule has 1 aliphatic heterocycles. The van der Waals surface area contributed by atoms with Crippen LogP contribution in [0, 0.1) is 23.7 Å². The van der Waals surface area contributed by atoms with E-state index in [0.717, 1.165) is 31.6 Å². The van der Waals surface area contributed by atoms with Crippen LogP contribution < -0.4 is 10.8 Å². The molecule has 7 rings (SSSR count). The lowest BCUT2D eigenvalue weighted by molar-refractivity contribution is -0.137. The fourth-order valence-corrected chi connectivity index (χ4v) is 6.79. The number of aliphatic hydroxyl groups is 1. The van der Waals surface area contributed by atoms with E-state index in [1.807, 2.05) is 0 Å². The highest BCUT2D eigenvalue weighted by molar-refractivity contribution is 6.71. The van der Waals surface area contributed by atoms with Crippen molar-refractivity contribution in [1.82, 2.24) is 10.3 Å². The van der Waals surface area contributed by atoms with Crippen LogP contribution in [0.1, 0.15) is 48.9 Å². The van der Waals surface area contributed by atoms with Crippen molar-refractivity contribution in [2.24, 2.45) is 28.8 Å². The summed E-state index contributed by atoms with van der Waals surface area (Å²) >= 11 is 0. The Morgan fingerprint density at radius 1 is 1.24 bits per heavy atom. The van der Waals surface area contributed by atoms with Crippen molar-refractivity contribution in [3.05, 3.63) is 29.1 Å². The minimum Gasteiger partial charge on any atom is -0.390 e. The molecule has 4 fully saturated rings. The van der Waals surface area contributed by atoms with Crippen LogP contribution in [0.2, 0.25) is 6.82 Å². The van der Waals surface area contributed by atoms with Crippen LogP contribution in [0.15, 0.2) is 17.4 Å². The molecule has 4 nitrogen and oxygen atoms in total. The lowest BCUT2D eigenvalue weighted by atomic mass is 9.48. The van der Waals surface area contributed by atoms with Crippen molar-refractivity contribution in [2.45, 2.75) is 50.9 Å². The summed E-state index contributed by atoms with van der Waals surface area (Å²) in [4.78, 5) is 4.71. The van der Waals surface area contributed by atoms with E-state index in [1.165, 1.54) is 40.8 Å². The molecule has 128 valence electrons. The molecule has 0 saturated heterocycles. The number of rotatable bonds is 1. The average molecular weight is 333 g/mol. The largest absolute Gasteiger partial charge is 0.390 e. The molecule has 0 amide bonds. The summed E-state index contributed by atoms with van der Waals surface area (Å²) in [6, 6.07) is 0. The van der Waals surface area contributed by atoms with Crippen LogP contribution in [0.3, 0.4) is 0 Å². The summed E-state index contributed by atoms with van der Waals surface area (Å²) in [5, 5.41) is 19.2. The monoisotopic (exact) mass is 333 g/mol. The Hall–Kier alpha value is -1.62. The molecule has 5 atom stereocenters. The van der Waals surface area contributed by atoms with E-state index in [2.05, 4.69) is 30.5 Å². The van der Waals surface area contributed by atoms with Gasteiger partial charge in [-0.3, -0.25) is 4.98 Å². The van der Waals surface area contributed by atoms with Gasteiger partial charge in [-0.25, -0.2) is 0 Å². The van der Waals surface area contributed by atoms with Crippen molar-refractivity contribution in [1.29, 1.82) is 0 Å². The molecule has 3 unspecified atom stereocenters. The summed E-state index contributed by atoms with van der Waals surface area (Å²) in [6.07, 6.45) is 13.0. The van der Waals surface area contributed by atoms with Crippen molar-refractivity contribution in [3.8, 4) is 0 Å². The summed E-state index contributed by atoms with van der Waals surface area (Å²) in [6.45, 7) is 2.39. The molecule has 0 aromatic carbocycles. The zero-order valence-corrected chi connectivity index (χ0v) is 14.7. The normalized spacial score (nSPS) is 39.9. The molecule has 4 saturated carbocycles. The first kappa shape index (κ1) is 14.5. The Morgan fingerprint density at radius 3 is 2.80 bits per heavy atom. The first-order valence-corrected chi connectivity index (χ1v) is 9.85. The van der Waals surface area contributed by atoms with Gasteiger partial charge in [0, 0.05) is 29.7 Å². The SMILES string of the molecule is CB1NN=C(C2[C@@H]3CC4C[C@H]2CC(O)(C4)C3)c2c1cnc1c2C=CC1. The van der Waals surface area contributed by atoms with Gasteiger partial charge in [-0.15, -0.1) is 0 Å². The van der Waals surface area contributed by atoms with Gasteiger partial charge in [0.1, 0.15) is 0 Å². The third-order valence-corrected chi connectivity index (χ3v) is 7.48. The Kier molecular flexibility index (Phi) is 2.77. The first-order valence-electron chi connectivity index (χ1n) is 9.85. The maximum absolute atomic E-state index is 10.9. The number of hydrazone groups is 1. The summed E-state index contributed by atoms with van der Waals surface area (Å²) < 4.78 is 0. The molecular weight excluding hydrogens is 309 g/mol. The highest BCUT2D eigenvalue weighted by Crippen LogP contribution is 2.59. The fraction of sp³-hybridized carbons (Fsp3) is 0.600. The Balaban J connectivity index is 1.49. The number of nitrogens with zero attached hydrogens (tertiary/aromatic N) is 2. The highest BCUT2D eigenvalue weighted by atomic mass is 16.3. The van der Waals surface area contributed by atoms with Gasteiger partial charge < -0.3 is 10.4 Å². The molecule has 0 radical (unpaired) electrons. The van der Waals surface area contributed by atoms with Crippen LogP contribution in [-0.4, -0.2) is 28.3 Å². The standard InChI is InChI=1S/C20H24BN3O/c1-21-15-10-22-16-4-2-3-14(16)18(15)19(23-24-21)17-12-5-11-6-13(17)9-20(25,7-11)8-12/h2-3,10-13,17,24-25H,4-9H2,1H3/t11?,12-,13+,17?,20?. The fourth-order valence-electron chi connectivity index (χ4n) is 6.79. The van der Waals surface area contributed by atoms with E-state index >= 15 is 0 Å². The molecular formula is C20H24BN3O. The number of fused-ring (bicyclic) bond motifs is 3. The van der Waals surface area contributed by atoms with Gasteiger partial charge in [-0.1, -0.05) is 19.0 Å². The maximum Gasteiger partial charge on any atom is 0.304 e. The molecule has 6 aliphatic rings. The van der Waals surface area contributed by atoms with Gasteiger partial charge in [0.05, 0.1) is 17.0 Å². The lowest BCUT2D eigenvalue weighted by Crippen LogP contribution is -2.58. The van der Waals surface area contributed by atoms with Crippen LogP contribution in [-0.2, 0) is 6.42 Å². The minimum atomic E-state index is -0.383. The van der Waals surface area contributed by atoms with E-state index in [0.29, 0.717) is 17.8 Å².